The number of amides is 2. The first-order valence-electron chi connectivity index (χ1n) is 15.3. The number of primary amides is 1. The number of carbonyl (C=O) groups excluding carboxylic acids is 2. The number of halogens is 2. The highest BCUT2D eigenvalue weighted by Crippen LogP contribution is 2.41. The Labute approximate surface area is 281 Å². The van der Waals surface area contributed by atoms with Crippen LogP contribution < -0.4 is 15.4 Å². The molecule has 1 fully saturated rings. The van der Waals surface area contributed by atoms with E-state index in [-0.39, 0.29) is 60.4 Å². The largest absolute Gasteiger partial charge is 0.482 e. The van der Waals surface area contributed by atoms with E-state index >= 15 is 0 Å². The number of pyridine rings is 2. The van der Waals surface area contributed by atoms with E-state index in [0.29, 0.717) is 52.1 Å². The molecular weight excluding hydrogens is 665 g/mol. The number of hydrogen-bond donors (Lipinski definition) is 1. The molecule has 48 heavy (non-hydrogen) atoms. The Balaban J connectivity index is 1.48. The van der Waals surface area contributed by atoms with Gasteiger partial charge in [-0.2, -0.15) is 9.40 Å². The molecule has 0 radical (unpaired) electrons. The normalized spacial score (nSPS) is 18.7. The summed E-state index contributed by atoms with van der Waals surface area (Å²) in [7, 11) is -1.90. The molecule has 0 spiro atoms. The smallest absolute Gasteiger partial charge is 0.265 e. The van der Waals surface area contributed by atoms with E-state index in [0.717, 1.165) is 6.07 Å². The maximum Gasteiger partial charge on any atom is 0.265 e. The third-order valence-electron chi connectivity index (χ3n) is 8.62. The van der Waals surface area contributed by atoms with Gasteiger partial charge in [0.1, 0.15) is 11.6 Å². The maximum atomic E-state index is 14.6. The third kappa shape index (κ3) is 6.34. The number of piperidine rings is 1. The minimum Gasteiger partial charge on any atom is -0.482 e. The Morgan fingerprint density at radius 3 is 2.67 bits per heavy atom. The second-order valence-corrected chi connectivity index (χ2v) is 14.8. The molecule has 5 heterocycles. The van der Waals surface area contributed by atoms with E-state index in [4.69, 9.17) is 36.9 Å². The van der Waals surface area contributed by atoms with Crippen molar-refractivity contribution in [3.8, 4) is 16.9 Å². The molecule has 2 amide bonds. The number of methoxy groups -OCH3 is 1. The monoisotopic (exact) mass is 699 g/mol. The first-order chi connectivity index (χ1) is 22.8. The van der Waals surface area contributed by atoms with Crippen LogP contribution in [0.5, 0.6) is 5.75 Å². The fraction of sp³-hybridized carbons (Fsp3) is 0.406. The van der Waals surface area contributed by atoms with E-state index in [9.17, 15) is 22.4 Å². The molecule has 13 nitrogen and oxygen atoms in total. The number of sulfonamides is 1. The maximum absolute atomic E-state index is 14.6. The lowest BCUT2D eigenvalue weighted by Crippen LogP contribution is -2.47. The molecule has 0 bridgehead atoms. The van der Waals surface area contributed by atoms with Crippen molar-refractivity contribution in [1.29, 1.82) is 0 Å². The van der Waals surface area contributed by atoms with Gasteiger partial charge >= 0.3 is 0 Å². The number of anilines is 1. The molecule has 2 aliphatic rings. The van der Waals surface area contributed by atoms with Crippen molar-refractivity contribution in [3.63, 3.8) is 0 Å². The number of nitrogens with two attached hydrogens (primary N) is 1. The van der Waals surface area contributed by atoms with Crippen molar-refractivity contribution in [2.45, 2.75) is 45.4 Å². The summed E-state index contributed by atoms with van der Waals surface area (Å²) in [5.74, 6) is -1.23. The first-order valence-corrected chi connectivity index (χ1v) is 17.5. The van der Waals surface area contributed by atoms with Gasteiger partial charge in [0.25, 0.3) is 11.8 Å². The van der Waals surface area contributed by atoms with Gasteiger partial charge in [0.2, 0.25) is 10.0 Å². The van der Waals surface area contributed by atoms with Crippen LogP contribution in [0.15, 0.2) is 36.7 Å². The molecule has 2 N–H and O–H groups in total. The average molecular weight is 700 g/mol. The summed E-state index contributed by atoms with van der Waals surface area (Å²) in [6.45, 7) is 4.01. The molecule has 0 unspecified atom stereocenters. The molecule has 2 atom stereocenters. The van der Waals surface area contributed by atoms with Crippen LogP contribution in [0.2, 0.25) is 5.02 Å². The lowest BCUT2D eigenvalue weighted by Gasteiger charge is -2.36. The Morgan fingerprint density at radius 1 is 1.23 bits per heavy atom. The highest BCUT2D eigenvalue weighted by atomic mass is 35.5. The standard InChI is InChI=1S/C32H35ClFN7O6S/c1-17(2)9-22-30(31(35)43)29(20-13-37-41(32(20)38-22)25-7-8-39(48(4,44)45)15-27(25)46-3)18-5-6-24-26(10-18)47-16-28(42)40(24)14-23-21(34)11-19(33)12-36-23/h5-6,10-13,17,25,27H,7-9,14-16H2,1-4H3,(H2,35,43)/t25-,27+/m0/s1. The zero-order chi connectivity index (χ0) is 34.5. The van der Waals surface area contributed by atoms with E-state index in [2.05, 4.69) is 4.98 Å². The quantitative estimate of drug-likeness (QED) is 0.274. The highest BCUT2D eigenvalue weighted by Gasteiger charge is 2.37. The van der Waals surface area contributed by atoms with Crippen LogP contribution in [0, 0.1) is 11.7 Å². The predicted molar refractivity (Wildman–Crippen MR) is 177 cm³/mol. The molecule has 3 aromatic heterocycles. The van der Waals surface area contributed by atoms with Crippen LogP contribution in [0.3, 0.4) is 0 Å². The molecular formula is C32H35ClFN7O6S. The van der Waals surface area contributed by atoms with E-state index in [1.807, 2.05) is 13.8 Å². The summed E-state index contributed by atoms with van der Waals surface area (Å²) in [6, 6.07) is 5.91. The number of rotatable bonds is 9. The van der Waals surface area contributed by atoms with Crippen molar-refractivity contribution in [2.24, 2.45) is 11.7 Å². The summed E-state index contributed by atoms with van der Waals surface area (Å²) in [6.07, 6.45) is 4.46. The number of fused-ring (bicyclic) bond motifs is 2. The molecule has 6 rings (SSSR count). The zero-order valence-corrected chi connectivity index (χ0v) is 28.4. The summed E-state index contributed by atoms with van der Waals surface area (Å²) in [5, 5.41) is 5.39. The fourth-order valence-electron chi connectivity index (χ4n) is 6.38. The number of benzene rings is 1. The van der Waals surface area contributed by atoms with Gasteiger partial charge in [0, 0.05) is 37.3 Å². The molecule has 0 aliphatic carbocycles. The van der Waals surface area contributed by atoms with Gasteiger partial charge in [-0.25, -0.2) is 22.5 Å². The van der Waals surface area contributed by atoms with Crippen LogP contribution in [-0.4, -0.2) is 83.5 Å². The van der Waals surface area contributed by atoms with Gasteiger partial charge in [-0.05, 0) is 42.5 Å². The van der Waals surface area contributed by atoms with Gasteiger partial charge in [-0.3, -0.25) is 19.5 Å². The zero-order valence-electron chi connectivity index (χ0n) is 26.8. The predicted octanol–water partition coefficient (Wildman–Crippen LogP) is 3.73. The lowest BCUT2D eigenvalue weighted by atomic mass is 9.92. The van der Waals surface area contributed by atoms with Crippen molar-refractivity contribution >= 4 is 50.2 Å². The number of nitrogens with zero attached hydrogens (tertiary/aromatic N) is 6. The van der Waals surface area contributed by atoms with Gasteiger partial charge in [0.05, 0.1) is 58.8 Å². The highest BCUT2D eigenvalue weighted by molar-refractivity contribution is 7.88. The second-order valence-electron chi connectivity index (χ2n) is 12.4. The van der Waals surface area contributed by atoms with Gasteiger partial charge in [-0.1, -0.05) is 31.5 Å². The van der Waals surface area contributed by atoms with Crippen molar-refractivity contribution < 1.29 is 31.9 Å². The van der Waals surface area contributed by atoms with Crippen LogP contribution >= 0.6 is 11.6 Å². The molecule has 4 aromatic rings. The Kier molecular flexibility index (Phi) is 9.15. The molecule has 1 saturated heterocycles. The number of aromatic nitrogens is 4. The molecule has 254 valence electrons. The summed E-state index contributed by atoms with van der Waals surface area (Å²) in [5.41, 5.74) is 8.76. The van der Waals surface area contributed by atoms with Crippen LogP contribution in [0.4, 0.5) is 10.1 Å². The Hall–Kier alpha value is -4.18. The molecule has 2 aliphatic heterocycles. The molecule has 1 aromatic carbocycles. The average Bonchev–Trinajstić information content (AvgIpc) is 3.44. The van der Waals surface area contributed by atoms with E-state index in [1.54, 1.807) is 29.1 Å². The third-order valence-corrected chi connectivity index (χ3v) is 10.1. The van der Waals surface area contributed by atoms with Crippen LogP contribution in [0.25, 0.3) is 22.2 Å². The van der Waals surface area contributed by atoms with E-state index < -0.39 is 27.9 Å². The van der Waals surface area contributed by atoms with Crippen LogP contribution in [-0.2, 0) is 32.5 Å². The SMILES string of the molecule is CO[C@@H]1CN(S(C)(=O)=O)CC[C@@H]1n1ncc2c(-c3ccc4c(c3)OCC(=O)N4Cc3ncc(Cl)cc3F)c(C(N)=O)c(CC(C)C)nc21. The second kappa shape index (κ2) is 13.0. The van der Waals surface area contributed by atoms with Crippen molar-refractivity contribution in [3.05, 3.63) is 64.5 Å². The minimum absolute atomic E-state index is 0.0407. The first kappa shape index (κ1) is 33.7. The number of hydrogen-bond acceptors (Lipinski definition) is 9. The lowest BCUT2D eigenvalue weighted by molar-refractivity contribution is -0.121. The summed E-state index contributed by atoms with van der Waals surface area (Å²) < 4.78 is 54.0. The summed E-state index contributed by atoms with van der Waals surface area (Å²) in [4.78, 5) is 36.5. The van der Waals surface area contributed by atoms with Gasteiger partial charge in [-0.15, -0.1) is 0 Å². The molecule has 16 heteroatoms. The van der Waals surface area contributed by atoms with Crippen molar-refractivity contribution in [1.82, 2.24) is 24.1 Å². The molecule has 0 saturated carbocycles. The Morgan fingerprint density at radius 2 is 2.00 bits per heavy atom. The summed E-state index contributed by atoms with van der Waals surface area (Å²) >= 11 is 5.87. The van der Waals surface area contributed by atoms with Crippen molar-refractivity contribution in [2.75, 3.05) is 38.0 Å². The van der Waals surface area contributed by atoms with Crippen LogP contribution in [0.1, 0.15) is 48.1 Å². The van der Waals surface area contributed by atoms with Gasteiger partial charge < -0.3 is 15.2 Å². The fourth-order valence-corrected chi connectivity index (χ4v) is 7.38. The topological polar surface area (TPSA) is 163 Å². The number of ether oxygens (including phenoxy) is 2. The minimum atomic E-state index is -3.43. The Bertz CT molecular complexity index is 2040. The van der Waals surface area contributed by atoms with E-state index in [1.165, 1.54) is 28.8 Å². The van der Waals surface area contributed by atoms with Gasteiger partial charge in [0.15, 0.2) is 12.3 Å². The number of carbonyl (C=O) groups is 2.